The number of carbonyl (C=O) groups is 2. The van der Waals surface area contributed by atoms with Crippen molar-refractivity contribution in [1.29, 1.82) is 0 Å². The number of urea groups is 1. The molecule has 0 aromatic carbocycles. The van der Waals surface area contributed by atoms with Crippen LogP contribution in [0.4, 0.5) is 4.79 Å². The van der Waals surface area contributed by atoms with Crippen molar-refractivity contribution in [2.45, 2.75) is 44.2 Å². The lowest BCUT2D eigenvalue weighted by Gasteiger charge is -2.39. The number of aliphatic carboxylic acids is 1. The summed E-state index contributed by atoms with van der Waals surface area (Å²) in [7, 11) is 0. The number of amides is 2. The van der Waals surface area contributed by atoms with E-state index in [1.165, 1.54) is 0 Å². The molecule has 2 amide bonds. The molecule has 1 unspecified atom stereocenters. The van der Waals surface area contributed by atoms with Crippen molar-refractivity contribution in [1.82, 2.24) is 10.6 Å². The summed E-state index contributed by atoms with van der Waals surface area (Å²) < 4.78 is 0. The molecule has 0 bridgehead atoms. The molecule has 4 N–H and O–H groups in total. The van der Waals surface area contributed by atoms with Crippen molar-refractivity contribution in [3.63, 3.8) is 0 Å². The highest BCUT2D eigenvalue weighted by atomic mass is 16.4. The first-order valence-electron chi connectivity index (χ1n) is 5.39. The third-order valence-corrected chi connectivity index (χ3v) is 2.89. The summed E-state index contributed by atoms with van der Waals surface area (Å²) in [6.45, 7) is 1.66. The molecule has 6 heteroatoms. The molecule has 1 saturated carbocycles. The summed E-state index contributed by atoms with van der Waals surface area (Å²) in [4.78, 5) is 22.2. The van der Waals surface area contributed by atoms with Gasteiger partial charge >= 0.3 is 12.0 Å². The number of hydrogen-bond acceptors (Lipinski definition) is 3. The Morgan fingerprint density at radius 3 is 2.44 bits per heavy atom. The molecule has 0 radical (unpaired) electrons. The summed E-state index contributed by atoms with van der Waals surface area (Å²) in [6.07, 6.45) is 2.92. The van der Waals surface area contributed by atoms with Crippen molar-refractivity contribution < 1.29 is 19.8 Å². The van der Waals surface area contributed by atoms with Crippen molar-refractivity contribution in [2.75, 3.05) is 6.61 Å². The number of carbonyl (C=O) groups excluding carboxylic acids is 1. The maximum absolute atomic E-state index is 11.5. The van der Waals surface area contributed by atoms with Crippen LogP contribution in [-0.2, 0) is 4.79 Å². The van der Waals surface area contributed by atoms with Crippen LogP contribution < -0.4 is 10.6 Å². The van der Waals surface area contributed by atoms with Gasteiger partial charge in [-0.1, -0.05) is 0 Å². The largest absolute Gasteiger partial charge is 0.480 e. The second kappa shape index (κ2) is 5.16. The Morgan fingerprint density at radius 2 is 2.06 bits per heavy atom. The lowest BCUT2D eigenvalue weighted by atomic mass is 9.79. The van der Waals surface area contributed by atoms with E-state index >= 15 is 0 Å². The first-order valence-corrected chi connectivity index (χ1v) is 5.39. The number of carboxylic acids is 1. The minimum absolute atomic E-state index is 0.0134. The normalized spacial score (nSPS) is 19.4. The quantitative estimate of drug-likeness (QED) is 0.537. The third kappa shape index (κ3) is 3.37. The fourth-order valence-corrected chi connectivity index (χ4v) is 1.69. The van der Waals surface area contributed by atoms with Gasteiger partial charge in [0.05, 0.1) is 0 Å². The number of hydrogen-bond donors (Lipinski definition) is 4. The number of rotatable bonds is 5. The summed E-state index contributed by atoms with van der Waals surface area (Å²) in [5.74, 6) is -1.14. The average molecular weight is 230 g/mol. The lowest BCUT2D eigenvalue weighted by Crippen LogP contribution is -2.56. The highest BCUT2D eigenvalue weighted by molar-refractivity contribution is 5.82. The van der Waals surface area contributed by atoms with Crippen LogP contribution in [0.3, 0.4) is 0 Å². The van der Waals surface area contributed by atoms with Crippen molar-refractivity contribution in [2.24, 2.45) is 0 Å². The van der Waals surface area contributed by atoms with E-state index in [4.69, 9.17) is 10.2 Å². The SMILES string of the molecule is CC1(NC(=O)NC(CCO)C(=O)O)CCC1. The predicted molar refractivity (Wildman–Crippen MR) is 57.1 cm³/mol. The van der Waals surface area contributed by atoms with Gasteiger partial charge in [0.1, 0.15) is 6.04 Å². The summed E-state index contributed by atoms with van der Waals surface area (Å²) >= 11 is 0. The van der Waals surface area contributed by atoms with Gasteiger partial charge in [0.25, 0.3) is 0 Å². The number of carboxylic acid groups (broad SMARTS) is 1. The van der Waals surface area contributed by atoms with E-state index in [2.05, 4.69) is 10.6 Å². The predicted octanol–water partition coefficient (Wildman–Crippen LogP) is 0.0638. The van der Waals surface area contributed by atoms with E-state index in [-0.39, 0.29) is 18.6 Å². The van der Waals surface area contributed by atoms with Gasteiger partial charge in [0, 0.05) is 18.6 Å². The van der Waals surface area contributed by atoms with E-state index in [0.29, 0.717) is 0 Å². The van der Waals surface area contributed by atoms with Crippen LogP contribution in [0.5, 0.6) is 0 Å². The van der Waals surface area contributed by atoms with Crippen LogP contribution in [0.1, 0.15) is 32.6 Å². The number of nitrogens with one attached hydrogen (secondary N) is 2. The number of aliphatic hydroxyl groups excluding tert-OH is 1. The van der Waals surface area contributed by atoms with Gasteiger partial charge in [-0.15, -0.1) is 0 Å². The van der Waals surface area contributed by atoms with Gasteiger partial charge in [-0.05, 0) is 26.2 Å². The van der Waals surface area contributed by atoms with E-state index in [1.807, 2.05) is 6.92 Å². The van der Waals surface area contributed by atoms with E-state index in [1.54, 1.807) is 0 Å². The standard InChI is InChI=1S/C10H18N2O4/c1-10(4-2-5-10)12-9(16)11-7(3-6-13)8(14)15/h7,13H,2-6H2,1H3,(H,14,15)(H2,11,12,16). The third-order valence-electron chi connectivity index (χ3n) is 2.89. The minimum atomic E-state index is -1.14. The zero-order chi connectivity index (χ0) is 12.2. The molecule has 1 aliphatic carbocycles. The second-order valence-corrected chi connectivity index (χ2v) is 4.42. The Labute approximate surface area is 94.0 Å². The Bertz CT molecular complexity index is 276. The van der Waals surface area contributed by atoms with Crippen LogP contribution >= 0.6 is 0 Å². The van der Waals surface area contributed by atoms with Gasteiger partial charge in [-0.3, -0.25) is 0 Å². The summed E-state index contributed by atoms with van der Waals surface area (Å²) in [5.41, 5.74) is -0.202. The fraction of sp³-hybridized carbons (Fsp3) is 0.800. The van der Waals surface area contributed by atoms with Gasteiger partial charge in [0.15, 0.2) is 0 Å². The smallest absolute Gasteiger partial charge is 0.326 e. The van der Waals surface area contributed by atoms with Gasteiger partial charge in [-0.25, -0.2) is 9.59 Å². The van der Waals surface area contributed by atoms with Crippen LogP contribution in [0.25, 0.3) is 0 Å². The van der Waals surface area contributed by atoms with Crippen molar-refractivity contribution in [3.05, 3.63) is 0 Å². The molecule has 1 rings (SSSR count). The topological polar surface area (TPSA) is 98.7 Å². The zero-order valence-electron chi connectivity index (χ0n) is 9.32. The molecular formula is C10H18N2O4. The highest BCUT2D eigenvalue weighted by Crippen LogP contribution is 2.30. The molecule has 1 atom stereocenters. The second-order valence-electron chi connectivity index (χ2n) is 4.42. The average Bonchev–Trinajstić information content (AvgIpc) is 2.14. The molecule has 16 heavy (non-hydrogen) atoms. The molecule has 92 valence electrons. The molecule has 0 aromatic rings. The number of aliphatic hydroxyl groups is 1. The molecule has 0 saturated heterocycles. The van der Waals surface area contributed by atoms with E-state index in [0.717, 1.165) is 19.3 Å². The van der Waals surface area contributed by atoms with Gasteiger partial charge in [0.2, 0.25) is 0 Å². The summed E-state index contributed by atoms with van der Waals surface area (Å²) in [5, 5.41) is 22.5. The molecule has 0 spiro atoms. The summed E-state index contributed by atoms with van der Waals surface area (Å²) in [6, 6.07) is -1.52. The van der Waals surface area contributed by atoms with Crippen molar-refractivity contribution >= 4 is 12.0 Å². The maximum Gasteiger partial charge on any atom is 0.326 e. The zero-order valence-corrected chi connectivity index (χ0v) is 9.32. The van der Waals surface area contributed by atoms with Gasteiger partial charge < -0.3 is 20.8 Å². The molecule has 1 fully saturated rings. The Hall–Kier alpha value is -1.30. The fourth-order valence-electron chi connectivity index (χ4n) is 1.69. The molecule has 6 nitrogen and oxygen atoms in total. The van der Waals surface area contributed by atoms with Crippen molar-refractivity contribution in [3.8, 4) is 0 Å². The monoisotopic (exact) mass is 230 g/mol. The molecule has 0 heterocycles. The van der Waals surface area contributed by atoms with E-state index < -0.39 is 18.0 Å². The minimum Gasteiger partial charge on any atom is -0.480 e. The van der Waals surface area contributed by atoms with E-state index in [9.17, 15) is 9.59 Å². The Kier molecular flexibility index (Phi) is 4.12. The lowest BCUT2D eigenvalue weighted by molar-refractivity contribution is -0.139. The van der Waals surface area contributed by atoms with Crippen LogP contribution in [0.2, 0.25) is 0 Å². The highest BCUT2D eigenvalue weighted by Gasteiger charge is 2.33. The molecule has 0 aromatic heterocycles. The first-order chi connectivity index (χ1) is 7.47. The Morgan fingerprint density at radius 1 is 1.44 bits per heavy atom. The molecular weight excluding hydrogens is 212 g/mol. The molecule has 0 aliphatic heterocycles. The first kappa shape index (κ1) is 12.8. The maximum atomic E-state index is 11.5. The van der Waals surface area contributed by atoms with Crippen LogP contribution in [0.15, 0.2) is 0 Å². The molecule has 1 aliphatic rings. The van der Waals surface area contributed by atoms with Gasteiger partial charge in [-0.2, -0.15) is 0 Å². The van der Waals surface area contributed by atoms with Crippen LogP contribution in [0, 0.1) is 0 Å². The Balaban J connectivity index is 2.39. The van der Waals surface area contributed by atoms with Crippen LogP contribution in [-0.4, -0.2) is 40.4 Å².